The lowest BCUT2D eigenvalue weighted by molar-refractivity contribution is -0.136. The molecular weight excluding hydrogens is 390 g/mol. The van der Waals surface area contributed by atoms with Gasteiger partial charge in [-0.05, 0) is 66.8 Å². The monoisotopic (exact) mass is 421 g/mol. The van der Waals surface area contributed by atoms with E-state index < -0.39 is 0 Å². The molecule has 0 radical (unpaired) electrons. The van der Waals surface area contributed by atoms with Crippen molar-refractivity contribution in [2.75, 3.05) is 31.7 Å². The number of carbonyl (C=O) groups is 1. The molecule has 0 saturated carbocycles. The summed E-state index contributed by atoms with van der Waals surface area (Å²) in [6.45, 7) is 9.98. The third-order valence-electron chi connectivity index (χ3n) is 5.19. The molecular formula is C26H31NO4. The Morgan fingerprint density at radius 3 is 2.61 bits per heavy atom. The molecule has 0 spiro atoms. The second-order valence-electron chi connectivity index (χ2n) is 7.50. The molecule has 164 valence electrons. The molecule has 0 aromatic heterocycles. The quantitative estimate of drug-likeness (QED) is 0.306. The number of ether oxygens (including phenoxy) is 3. The van der Waals surface area contributed by atoms with Gasteiger partial charge >= 0.3 is 5.97 Å². The van der Waals surface area contributed by atoms with Crippen LogP contribution < -0.4 is 9.64 Å². The molecule has 1 aliphatic rings. The summed E-state index contributed by atoms with van der Waals surface area (Å²) in [5.74, 6) is 0.491. The van der Waals surface area contributed by atoms with Crippen LogP contribution in [0, 0.1) is 0 Å². The van der Waals surface area contributed by atoms with Crippen LogP contribution in [0.3, 0.4) is 0 Å². The van der Waals surface area contributed by atoms with Gasteiger partial charge in [0.1, 0.15) is 5.75 Å². The van der Waals surface area contributed by atoms with Crippen LogP contribution in [0.25, 0.3) is 17.2 Å². The summed E-state index contributed by atoms with van der Waals surface area (Å²) in [7, 11) is 1.42. The Morgan fingerprint density at radius 2 is 1.94 bits per heavy atom. The zero-order valence-corrected chi connectivity index (χ0v) is 18.6. The summed E-state index contributed by atoms with van der Waals surface area (Å²) >= 11 is 0. The maximum absolute atomic E-state index is 12.2. The molecule has 5 heteroatoms. The lowest BCUT2D eigenvalue weighted by Gasteiger charge is -2.24. The van der Waals surface area contributed by atoms with Gasteiger partial charge in [0.2, 0.25) is 0 Å². The highest BCUT2D eigenvalue weighted by molar-refractivity contribution is 5.96. The third kappa shape index (κ3) is 5.76. The Hall–Kier alpha value is -3.05. The first-order valence-corrected chi connectivity index (χ1v) is 10.7. The average molecular weight is 422 g/mol. The van der Waals surface area contributed by atoms with E-state index in [9.17, 15) is 4.79 Å². The molecule has 0 aliphatic carbocycles. The van der Waals surface area contributed by atoms with Gasteiger partial charge in [0, 0.05) is 24.4 Å². The van der Waals surface area contributed by atoms with Crippen LogP contribution in [-0.2, 0) is 14.3 Å². The highest BCUT2D eigenvalue weighted by Gasteiger charge is 2.19. The summed E-state index contributed by atoms with van der Waals surface area (Å²) in [5, 5.41) is 0. The summed E-state index contributed by atoms with van der Waals surface area (Å²) in [4.78, 5) is 14.4. The van der Waals surface area contributed by atoms with Gasteiger partial charge in [0.25, 0.3) is 0 Å². The number of anilines is 1. The average Bonchev–Trinajstić information content (AvgIpc) is 2.97. The summed E-state index contributed by atoms with van der Waals surface area (Å²) in [6.07, 6.45) is 5.13. The zero-order chi connectivity index (χ0) is 22.2. The van der Waals surface area contributed by atoms with E-state index in [0.29, 0.717) is 18.6 Å². The lowest BCUT2D eigenvalue weighted by Crippen LogP contribution is -2.25. The molecule has 1 atom stereocenters. The minimum absolute atomic E-state index is 0.280. The number of benzene rings is 2. The van der Waals surface area contributed by atoms with Crippen molar-refractivity contribution in [1.29, 1.82) is 0 Å². The Labute approximate surface area is 184 Å². The van der Waals surface area contributed by atoms with Crippen molar-refractivity contribution in [3.8, 4) is 16.9 Å². The van der Waals surface area contributed by atoms with Crippen molar-refractivity contribution >= 4 is 17.7 Å². The van der Waals surface area contributed by atoms with Gasteiger partial charge in [-0.3, -0.25) is 0 Å². The van der Waals surface area contributed by atoms with Crippen molar-refractivity contribution in [3.63, 3.8) is 0 Å². The number of hydrogen-bond donors (Lipinski definition) is 0. The van der Waals surface area contributed by atoms with Crippen molar-refractivity contribution < 1.29 is 19.0 Å². The molecule has 0 amide bonds. The Bertz CT molecular complexity index is 933. The molecule has 0 bridgehead atoms. The maximum atomic E-state index is 12.2. The predicted molar refractivity (Wildman–Crippen MR) is 125 cm³/mol. The number of nitrogens with zero attached hydrogens (tertiary/aromatic N) is 1. The number of hydrogen-bond acceptors (Lipinski definition) is 5. The number of carbonyl (C=O) groups excluding carboxylic acids is 1. The van der Waals surface area contributed by atoms with E-state index >= 15 is 0 Å². The van der Waals surface area contributed by atoms with Crippen LogP contribution in [0.1, 0.15) is 32.3 Å². The van der Waals surface area contributed by atoms with Crippen molar-refractivity contribution in [2.24, 2.45) is 0 Å². The first-order chi connectivity index (χ1) is 15.0. The van der Waals surface area contributed by atoms with Gasteiger partial charge in [0.05, 0.1) is 13.7 Å². The van der Waals surface area contributed by atoms with Crippen LogP contribution in [0.15, 0.2) is 60.7 Å². The van der Waals surface area contributed by atoms with Crippen molar-refractivity contribution in [1.82, 2.24) is 0 Å². The summed E-state index contributed by atoms with van der Waals surface area (Å²) in [6, 6.07) is 14.3. The van der Waals surface area contributed by atoms with Crippen LogP contribution in [0.2, 0.25) is 0 Å². The minimum atomic E-state index is -0.281. The fraction of sp³-hybridized carbons (Fsp3) is 0.346. The molecule has 3 rings (SSSR count). The number of methoxy groups -OCH3 is 1. The first-order valence-electron chi connectivity index (χ1n) is 10.7. The van der Waals surface area contributed by atoms with Gasteiger partial charge < -0.3 is 19.1 Å². The smallest absolute Gasteiger partial charge is 0.333 e. The first kappa shape index (κ1) is 22.6. The fourth-order valence-corrected chi connectivity index (χ4v) is 3.65. The van der Waals surface area contributed by atoms with E-state index in [1.165, 1.54) is 7.11 Å². The highest BCUT2D eigenvalue weighted by Crippen LogP contribution is 2.33. The van der Waals surface area contributed by atoms with E-state index in [1.54, 1.807) is 0 Å². The predicted octanol–water partition coefficient (Wildman–Crippen LogP) is 5.46. The SMILES string of the molecule is C=CCN1CCC(C(=O)OC)=Cc2cc(-c3ccc(OC(C)OCCC)cc3)ccc21. The molecule has 2 aromatic carbocycles. The molecule has 31 heavy (non-hydrogen) atoms. The van der Waals surface area contributed by atoms with E-state index in [1.807, 2.05) is 43.3 Å². The van der Waals surface area contributed by atoms with Crippen molar-refractivity contribution in [3.05, 3.63) is 66.3 Å². The lowest BCUT2D eigenvalue weighted by atomic mass is 10.00. The van der Waals surface area contributed by atoms with Crippen LogP contribution >= 0.6 is 0 Å². The van der Waals surface area contributed by atoms with E-state index in [4.69, 9.17) is 14.2 Å². The van der Waals surface area contributed by atoms with Crippen LogP contribution in [-0.4, -0.2) is 39.1 Å². The van der Waals surface area contributed by atoms with E-state index in [2.05, 4.69) is 36.6 Å². The molecule has 2 aromatic rings. The van der Waals surface area contributed by atoms with Gasteiger partial charge in [-0.25, -0.2) is 4.79 Å². The van der Waals surface area contributed by atoms with Gasteiger partial charge in [-0.1, -0.05) is 31.2 Å². The van der Waals surface area contributed by atoms with Gasteiger partial charge in [-0.15, -0.1) is 6.58 Å². The summed E-state index contributed by atoms with van der Waals surface area (Å²) < 4.78 is 16.4. The second kappa shape index (κ2) is 10.8. The molecule has 1 unspecified atom stereocenters. The minimum Gasteiger partial charge on any atom is -0.466 e. The van der Waals surface area contributed by atoms with E-state index in [0.717, 1.165) is 47.6 Å². The van der Waals surface area contributed by atoms with Crippen LogP contribution in [0.5, 0.6) is 5.75 Å². The normalized spacial score (nSPS) is 14.2. The fourth-order valence-electron chi connectivity index (χ4n) is 3.65. The summed E-state index contributed by atoms with van der Waals surface area (Å²) in [5.41, 5.74) is 4.91. The number of fused-ring (bicyclic) bond motifs is 1. The zero-order valence-electron chi connectivity index (χ0n) is 18.6. The van der Waals surface area contributed by atoms with E-state index in [-0.39, 0.29) is 12.3 Å². The van der Waals surface area contributed by atoms with Crippen LogP contribution in [0.4, 0.5) is 5.69 Å². The second-order valence-corrected chi connectivity index (χ2v) is 7.50. The standard InChI is InChI=1S/C26H31NO4/c1-5-14-27-15-13-22(26(28)29-4)18-23-17-21(9-12-25(23)27)20-7-10-24(11-8-20)31-19(3)30-16-6-2/h5,7-12,17-19H,1,6,13-16H2,2-4H3. The third-order valence-corrected chi connectivity index (χ3v) is 5.19. The molecule has 0 saturated heterocycles. The number of rotatable bonds is 9. The number of esters is 1. The Kier molecular flexibility index (Phi) is 7.90. The molecule has 0 fully saturated rings. The Morgan fingerprint density at radius 1 is 1.19 bits per heavy atom. The highest BCUT2D eigenvalue weighted by atomic mass is 16.7. The molecule has 1 heterocycles. The van der Waals surface area contributed by atoms with Gasteiger partial charge in [0.15, 0.2) is 6.29 Å². The molecule has 5 nitrogen and oxygen atoms in total. The molecule has 0 N–H and O–H groups in total. The topological polar surface area (TPSA) is 48.0 Å². The van der Waals surface area contributed by atoms with Gasteiger partial charge in [-0.2, -0.15) is 0 Å². The Balaban J connectivity index is 1.87. The molecule has 1 aliphatic heterocycles. The largest absolute Gasteiger partial charge is 0.466 e. The maximum Gasteiger partial charge on any atom is 0.333 e. The van der Waals surface area contributed by atoms with Crippen molar-refractivity contribution in [2.45, 2.75) is 33.0 Å².